The lowest BCUT2D eigenvalue weighted by molar-refractivity contribution is -0.132. The molecule has 3 atom stereocenters. The zero-order chi connectivity index (χ0) is 13.2. The van der Waals surface area contributed by atoms with Crippen molar-refractivity contribution in [3.8, 4) is 0 Å². The summed E-state index contributed by atoms with van der Waals surface area (Å²) >= 11 is 0. The van der Waals surface area contributed by atoms with E-state index in [9.17, 15) is 4.79 Å². The highest BCUT2D eigenvalue weighted by Crippen LogP contribution is 2.54. The van der Waals surface area contributed by atoms with E-state index in [1.54, 1.807) is 6.92 Å². The van der Waals surface area contributed by atoms with E-state index in [1.807, 2.05) is 0 Å². The van der Waals surface area contributed by atoms with Gasteiger partial charge in [0, 0.05) is 5.57 Å². The standard InChI is InChI=1S/C16H26O2/c1-3-16(10-12(2)15(17)18)11-13-7-5-4-6-8-14(16)9-13/h10,13-14H,3-9,11H2,1-2H3,(H,17,18). The third kappa shape index (κ3) is 2.62. The fraction of sp³-hybridized carbons (Fsp3) is 0.812. The van der Waals surface area contributed by atoms with Gasteiger partial charge in [-0.15, -0.1) is 0 Å². The Balaban J connectivity index is 2.25. The summed E-state index contributed by atoms with van der Waals surface area (Å²) in [6.07, 6.45) is 12.5. The number of carboxylic acid groups (broad SMARTS) is 1. The van der Waals surface area contributed by atoms with Crippen LogP contribution in [0.1, 0.15) is 65.2 Å². The van der Waals surface area contributed by atoms with Gasteiger partial charge in [-0.3, -0.25) is 0 Å². The number of hydrogen-bond acceptors (Lipinski definition) is 1. The van der Waals surface area contributed by atoms with Crippen LogP contribution in [0.15, 0.2) is 11.6 Å². The molecule has 1 N–H and O–H groups in total. The molecule has 2 nitrogen and oxygen atoms in total. The highest BCUT2D eigenvalue weighted by atomic mass is 16.4. The van der Waals surface area contributed by atoms with Crippen LogP contribution in [0, 0.1) is 17.3 Å². The number of allylic oxidation sites excluding steroid dienone is 1. The van der Waals surface area contributed by atoms with Crippen molar-refractivity contribution in [2.75, 3.05) is 0 Å². The molecule has 0 aromatic rings. The highest BCUT2D eigenvalue weighted by Gasteiger charge is 2.44. The van der Waals surface area contributed by atoms with E-state index in [0.29, 0.717) is 5.57 Å². The molecule has 0 aromatic carbocycles. The molecule has 0 aliphatic heterocycles. The van der Waals surface area contributed by atoms with E-state index in [-0.39, 0.29) is 5.41 Å². The van der Waals surface area contributed by atoms with E-state index < -0.39 is 5.97 Å². The highest BCUT2D eigenvalue weighted by molar-refractivity contribution is 5.85. The Labute approximate surface area is 110 Å². The molecule has 0 saturated heterocycles. The monoisotopic (exact) mass is 250 g/mol. The fourth-order valence-electron chi connectivity index (χ4n) is 4.26. The first kappa shape index (κ1) is 13.6. The number of carbonyl (C=O) groups is 1. The lowest BCUT2D eigenvalue weighted by Crippen LogP contribution is -2.23. The Morgan fingerprint density at radius 1 is 1.33 bits per heavy atom. The van der Waals surface area contributed by atoms with E-state index in [1.165, 1.54) is 44.9 Å². The van der Waals surface area contributed by atoms with Crippen LogP contribution in [0.4, 0.5) is 0 Å². The average Bonchev–Trinajstić information content (AvgIpc) is 2.67. The van der Waals surface area contributed by atoms with Crippen LogP contribution in [0.25, 0.3) is 0 Å². The van der Waals surface area contributed by atoms with Gasteiger partial charge in [0.2, 0.25) is 0 Å². The molecule has 2 fully saturated rings. The molecule has 2 bridgehead atoms. The van der Waals surface area contributed by atoms with Crippen LogP contribution in [0.2, 0.25) is 0 Å². The number of hydrogen-bond donors (Lipinski definition) is 1. The van der Waals surface area contributed by atoms with E-state index in [4.69, 9.17) is 5.11 Å². The summed E-state index contributed by atoms with van der Waals surface area (Å²) < 4.78 is 0. The molecule has 2 aliphatic carbocycles. The summed E-state index contributed by atoms with van der Waals surface area (Å²) in [7, 11) is 0. The maximum absolute atomic E-state index is 11.1. The first-order valence-corrected chi connectivity index (χ1v) is 7.50. The average molecular weight is 250 g/mol. The van der Waals surface area contributed by atoms with Crippen LogP contribution < -0.4 is 0 Å². The van der Waals surface area contributed by atoms with E-state index >= 15 is 0 Å². The van der Waals surface area contributed by atoms with Crippen LogP contribution in [-0.2, 0) is 4.79 Å². The first-order chi connectivity index (χ1) is 8.57. The second-order valence-corrected chi connectivity index (χ2v) is 6.36. The summed E-state index contributed by atoms with van der Waals surface area (Å²) in [5.41, 5.74) is 0.721. The van der Waals surface area contributed by atoms with Crippen molar-refractivity contribution in [1.82, 2.24) is 0 Å². The number of rotatable bonds is 3. The van der Waals surface area contributed by atoms with Crippen molar-refractivity contribution >= 4 is 5.97 Å². The van der Waals surface area contributed by atoms with Gasteiger partial charge < -0.3 is 5.11 Å². The van der Waals surface area contributed by atoms with Crippen LogP contribution in [0.3, 0.4) is 0 Å². The quantitative estimate of drug-likeness (QED) is 0.754. The minimum atomic E-state index is -0.750. The second-order valence-electron chi connectivity index (χ2n) is 6.36. The zero-order valence-corrected chi connectivity index (χ0v) is 11.7. The molecule has 2 rings (SSSR count). The van der Waals surface area contributed by atoms with Gasteiger partial charge in [-0.2, -0.15) is 0 Å². The molecule has 2 saturated carbocycles. The molecule has 3 unspecified atom stereocenters. The van der Waals surface area contributed by atoms with Gasteiger partial charge in [-0.05, 0) is 49.9 Å². The molecular weight excluding hydrogens is 224 g/mol. The zero-order valence-electron chi connectivity index (χ0n) is 11.7. The van der Waals surface area contributed by atoms with Gasteiger partial charge in [0.1, 0.15) is 0 Å². The van der Waals surface area contributed by atoms with Crippen molar-refractivity contribution in [3.63, 3.8) is 0 Å². The molecule has 18 heavy (non-hydrogen) atoms. The third-order valence-electron chi connectivity index (χ3n) is 5.26. The summed E-state index contributed by atoms with van der Waals surface area (Å²) in [5.74, 6) is 0.815. The van der Waals surface area contributed by atoms with Gasteiger partial charge in [0.25, 0.3) is 0 Å². The van der Waals surface area contributed by atoms with E-state index in [0.717, 1.165) is 18.3 Å². The first-order valence-electron chi connectivity index (χ1n) is 7.50. The minimum Gasteiger partial charge on any atom is -0.478 e. The van der Waals surface area contributed by atoms with E-state index in [2.05, 4.69) is 13.0 Å². The summed E-state index contributed by atoms with van der Waals surface area (Å²) in [6, 6.07) is 0. The molecule has 0 heterocycles. The molecule has 0 amide bonds. The van der Waals surface area contributed by atoms with Gasteiger partial charge >= 0.3 is 5.97 Å². The summed E-state index contributed by atoms with van der Waals surface area (Å²) in [5, 5.41) is 9.14. The maximum atomic E-state index is 11.1. The molecule has 0 spiro atoms. The third-order valence-corrected chi connectivity index (χ3v) is 5.26. The minimum absolute atomic E-state index is 0.178. The fourth-order valence-corrected chi connectivity index (χ4v) is 4.26. The lowest BCUT2D eigenvalue weighted by atomic mass is 9.72. The molecule has 2 heteroatoms. The van der Waals surface area contributed by atoms with Crippen molar-refractivity contribution in [1.29, 1.82) is 0 Å². The van der Waals surface area contributed by atoms with Crippen LogP contribution in [0.5, 0.6) is 0 Å². The Morgan fingerprint density at radius 2 is 2.06 bits per heavy atom. The summed E-state index contributed by atoms with van der Waals surface area (Å²) in [6.45, 7) is 3.99. The summed E-state index contributed by atoms with van der Waals surface area (Å²) in [4.78, 5) is 11.1. The number of carboxylic acids is 1. The van der Waals surface area contributed by atoms with Crippen molar-refractivity contribution in [2.24, 2.45) is 17.3 Å². The maximum Gasteiger partial charge on any atom is 0.330 e. The lowest BCUT2D eigenvalue weighted by Gasteiger charge is -2.32. The molecule has 0 aromatic heterocycles. The Hall–Kier alpha value is -0.790. The van der Waals surface area contributed by atoms with Crippen molar-refractivity contribution in [3.05, 3.63) is 11.6 Å². The topological polar surface area (TPSA) is 37.3 Å². The van der Waals surface area contributed by atoms with Crippen molar-refractivity contribution < 1.29 is 9.90 Å². The Kier molecular flexibility index (Phi) is 4.14. The Morgan fingerprint density at radius 3 is 2.72 bits per heavy atom. The number of fused-ring (bicyclic) bond motifs is 2. The smallest absolute Gasteiger partial charge is 0.330 e. The molecule has 2 aliphatic rings. The SMILES string of the molecule is CCC1(C=C(C)C(=O)O)CC2CCCCCC1C2. The molecule has 102 valence electrons. The van der Waals surface area contributed by atoms with Gasteiger partial charge in [-0.1, -0.05) is 38.7 Å². The molecular formula is C16H26O2. The van der Waals surface area contributed by atoms with Crippen molar-refractivity contribution in [2.45, 2.75) is 65.2 Å². The normalized spacial score (nSPS) is 37.1. The predicted octanol–water partition coefficient (Wildman–Crippen LogP) is 4.40. The van der Waals surface area contributed by atoms with Gasteiger partial charge in [0.05, 0.1) is 0 Å². The Bertz CT molecular complexity index is 345. The van der Waals surface area contributed by atoms with Crippen LogP contribution >= 0.6 is 0 Å². The van der Waals surface area contributed by atoms with Gasteiger partial charge in [0.15, 0.2) is 0 Å². The van der Waals surface area contributed by atoms with Crippen LogP contribution in [-0.4, -0.2) is 11.1 Å². The largest absolute Gasteiger partial charge is 0.478 e. The molecule has 0 radical (unpaired) electrons. The predicted molar refractivity (Wildman–Crippen MR) is 73.4 cm³/mol. The second kappa shape index (κ2) is 5.46. The number of aliphatic carboxylic acids is 1. The van der Waals surface area contributed by atoms with Gasteiger partial charge in [-0.25, -0.2) is 4.79 Å².